The molecule has 13 heavy (non-hydrogen) atoms. The zero-order valence-corrected chi connectivity index (χ0v) is 7.87. The van der Waals surface area contributed by atoms with Crippen LogP contribution < -0.4 is 0 Å². The second kappa shape index (κ2) is 5.00. The third kappa shape index (κ3) is 3.17. The molecule has 1 rings (SSSR count). The van der Waals surface area contributed by atoms with Gasteiger partial charge in [-0.25, -0.2) is 0 Å². The van der Waals surface area contributed by atoms with E-state index in [1.54, 1.807) is 0 Å². The van der Waals surface area contributed by atoms with Crippen LogP contribution in [0.15, 0.2) is 12.2 Å². The maximum atomic E-state index is 8.92. The fourth-order valence-electron chi connectivity index (χ4n) is 1.63. The van der Waals surface area contributed by atoms with Crippen LogP contribution >= 0.6 is 0 Å². The first-order chi connectivity index (χ1) is 6.26. The van der Waals surface area contributed by atoms with Gasteiger partial charge in [0.1, 0.15) is 0 Å². The molecule has 0 aromatic heterocycles. The molecule has 1 heterocycles. The fraction of sp³-hybridized carbons (Fsp3) is 0.700. The molecular weight excluding hydrogens is 164 g/mol. The van der Waals surface area contributed by atoms with Crippen LogP contribution in [0.1, 0.15) is 12.8 Å². The van der Waals surface area contributed by atoms with Gasteiger partial charge in [0.05, 0.1) is 6.07 Å². The second-order valence-corrected chi connectivity index (χ2v) is 3.62. The lowest BCUT2D eigenvalue weighted by Crippen LogP contribution is -2.35. The van der Waals surface area contributed by atoms with Crippen molar-refractivity contribution in [3.8, 4) is 6.07 Å². The van der Waals surface area contributed by atoms with E-state index in [9.17, 15) is 0 Å². The van der Waals surface area contributed by atoms with Crippen molar-refractivity contribution >= 4 is 0 Å². The second-order valence-electron chi connectivity index (χ2n) is 3.62. The number of hydrogen-bond acceptors (Lipinski definition) is 3. The van der Waals surface area contributed by atoms with E-state index in [1.165, 1.54) is 0 Å². The molecule has 0 aliphatic carbocycles. The van der Waals surface area contributed by atoms with Crippen LogP contribution in [0.5, 0.6) is 0 Å². The van der Waals surface area contributed by atoms with Gasteiger partial charge in [0.25, 0.3) is 0 Å². The summed E-state index contributed by atoms with van der Waals surface area (Å²) in [5.41, 5.74) is 0.627. The molecule has 0 amide bonds. The van der Waals surface area contributed by atoms with Gasteiger partial charge in [0.2, 0.25) is 0 Å². The molecule has 1 fully saturated rings. The van der Waals surface area contributed by atoms with Crippen molar-refractivity contribution in [2.75, 3.05) is 26.2 Å². The molecule has 1 saturated heterocycles. The standard InChI is InChI=1S/C10H16N2O/c1-9(6-11)7-12-4-2-10(8-13)3-5-12/h10,13H,1-5,7-8H2. The predicted molar refractivity (Wildman–Crippen MR) is 51.0 cm³/mol. The van der Waals surface area contributed by atoms with Crippen molar-refractivity contribution in [2.24, 2.45) is 5.92 Å². The molecule has 1 aliphatic heterocycles. The maximum Gasteiger partial charge on any atom is 0.0954 e. The van der Waals surface area contributed by atoms with E-state index < -0.39 is 0 Å². The molecule has 3 heteroatoms. The molecular formula is C10H16N2O. The summed E-state index contributed by atoms with van der Waals surface area (Å²) in [6, 6.07) is 2.05. The highest BCUT2D eigenvalue weighted by Gasteiger charge is 2.18. The van der Waals surface area contributed by atoms with Crippen molar-refractivity contribution in [3.05, 3.63) is 12.2 Å². The van der Waals surface area contributed by atoms with Gasteiger partial charge >= 0.3 is 0 Å². The van der Waals surface area contributed by atoms with Gasteiger partial charge in [-0.2, -0.15) is 5.26 Å². The van der Waals surface area contributed by atoms with Gasteiger partial charge < -0.3 is 5.11 Å². The Morgan fingerprint density at radius 2 is 2.15 bits per heavy atom. The zero-order chi connectivity index (χ0) is 9.68. The Kier molecular flexibility index (Phi) is 3.94. The van der Waals surface area contributed by atoms with E-state index in [-0.39, 0.29) is 0 Å². The predicted octanol–water partition coefficient (Wildman–Crippen LogP) is 0.770. The number of likely N-dealkylation sites (tertiary alicyclic amines) is 1. The molecule has 3 nitrogen and oxygen atoms in total. The Bertz CT molecular complexity index is 211. The summed E-state index contributed by atoms with van der Waals surface area (Å²) in [6.07, 6.45) is 2.07. The van der Waals surface area contributed by atoms with Gasteiger partial charge in [0.15, 0.2) is 0 Å². The van der Waals surface area contributed by atoms with Gasteiger partial charge in [0, 0.05) is 18.7 Å². The number of nitriles is 1. The van der Waals surface area contributed by atoms with Crippen molar-refractivity contribution < 1.29 is 5.11 Å². The number of nitrogens with zero attached hydrogens (tertiary/aromatic N) is 2. The molecule has 0 aromatic carbocycles. The van der Waals surface area contributed by atoms with E-state index in [1.807, 2.05) is 0 Å². The third-order valence-corrected chi connectivity index (χ3v) is 2.54. The molecule has 1 aliphatic rings. The van der Waals surface area contributed by atoms with Crippen molar-refractivity contribution in [2.45, 2.75) is 12.8 Å². The highest BCUT2D eigenvalue weighted by atomic mass is 16.3. The molecule has 0 spiro atoms. The lowest BCUT2D eigenvalue weighted by molar-refractivity contribution is 0.138. The molecule has 0 bridgehead atoms. The topological polar surface area (TPSA) is 47.3 Å². The molecule has 0 radical (unpaired) electrons. The normalized spacial score (nSPS) is 19.7. The number of hydrogen-bond donors (Lipinski definition) is 1. The van der Waals surface area contributed by atoms with Crippen molar-refractivity contribution in [1.82, 2.24) is 4.90 Å². The summed E-state index contributed by atoms with van der Waals surface area (Å²) >= 11 is 0. The lowest BCUT2D eigenvalue weighted by atomic mass is 9.98. The Hall–Kier alpha value is -0.850. The maximum absolute atomic E-state index is 8.92. The summed E-state index contributed by atoms with van der Waals surface area (Å²) in [4.78, 5) is 2.22. The van der Waals surface area contributed by atoms with Crippen LogP contribution in [0.4, 0.5) is 0 Å². The van der Waals surface area contributed by atoms with E-state index in [0.717, 1.165) is 25.9 Å². The van der Waals surface area contributed by atoms with Crippen molar-refractivity contribution in [3.63, 3.8) is 0 Å². The summed E-state index contributed by atoms with van der Waals surface area (Å²) in [6.45, 7) is 6.60. The van der Waals surface area contributed by atoms with Gasteiger partial charge in [-0.05, 0) is 31.8 Å². The highest BCUT2D eigenvalue weighted by molar-refractivity contribution is 5.17. The Labute approximate surface area is 79.3 Å². The average Bonchev–Trinajstić information content (AvgIpc) is 2.19. The van der Waals surface area contributed by atoms with Gasteiger partial charge in [-0.3, -0.25) is 4.90 Å². The molecule has 0 aromatic rings. The minimum atomic E-state index is 0.299. The molecule has 0 unspecified atom stereocenters. The molecule has 0 atom stereocenters. The first-order valence-corrected chi connectivity index (χ1v) is 4.67. The first-order valence-electron chi connectivity index (χ1n) is 4.67. The third-order valence-electron chi connectivity index (χ3n) is 2.54. The van der Waals surface area contributed by atoms with Crippen LogP contribution in [0, 0.1) is 17.2 Å². The highest BCUT2D eigenvalue weighted by Crippen LogP contribution is 2.16. The van der Waals surface area contributed by atoms with Crippen LogP contribution in [0.3, 0.4) is 0 Å². The fourth-order valence-corrected chi connectivity index (χ4v) is 1.63. The van der Waals surface area contributed by atoms with Crippen LogP contribution in [-0.2, 0) is 0 Å². The van der Waals surface area contributed by atoms with E-state index >= 15 is 0 Å². The largest absolute Gasteiger partial charge is 0.396 e. The quantitative estimate of drug-likeness (QED) is 0.653. The van der Waals surface area contributed by atoms with Crippen LogP contribution in [-0.4, -0.2) is 36.2 Å². The van der Waals surface area contributed by atoms with Crippen molar-refractivity contribution in [1.29, 1.82) is 5.26 Å². The number of rotatable bonds is 3. The SMILES string of the molecule is C=C(C#N)CN1CCC(CO)CC1. The molecule has 0 saturated carbocycles. The molecule has 72 valence electrons. The molecule has 1 N–H and O–H groups in total. The van der Waals surface area contributed by atoms with Gasteiger partial charge in [-0.15, -0.1) is 0 Å². The minimum Gasteiger partial charge on any atom is -0.396 e. The lowest BCUT2D eigenvalue weighted by Gasteiger charge is -2.30. The Balaban J connectivity index is 2.26. The van der Waals surface area contributed by atoms with E-state index in [2.05, 4.69) is 17.5 Å². The smallest absolute Gasteiger partial charge is 0.0954 e. The number of aliphatic hydroxyl groups is 1. The average molecular weight is 180 g/mol. The zero-order valence-electron chi connectivity index (χ0n) is 7.87. The van der Waals surface area contributed by atoms with Crippen LogP contribution in [0.2, 0.25) is 0 Å². The number of piperidine rings is 1. The Morgan fingerprint density at radius 1 is 1.54 bits per heavy atom. The summed E-state index contributed by atoms with van der Waals surface area (Å²) < 4.78 is 0. The number of aliphatic hydroxyl groups excluding tert-OH is 1. The Morgan fingerprint density at radius 3 is 2.62 bits per heavy atom. The van der Waals surface area contributed by atoms with Crippen LogP contribution in [0.25, 0.3) is 0 Å². The van der Waals surface area contributed by atoms with E-state index in [4.69, 9.17) is 10.4 Å². The summed E-state index contributed by atoms with van der Waals surface area (Å²) in [5, 5.41) is 17.5. The monoisotopic (exact) mass is 180 g/mol. The van der Waals surface area contributed by atoms with Gasteiger partial charge in [-0.1, -0.05) is 6.58 Å². The summed E-state index contributed by atoms with van der Waals surface area (Å²) in [7, 11) is 0. The summed E-state index contributed by atoms with van der Waals surface area (Å²) in [5.74, 6) is 0.464. The van der Waals surface area contributed by atoms with E-state index in [0.29, 0.717) is 24.6 Å². The minimum absolute atomic E-state index is 0.299. The first kappa shape index (κ1) is 10.2.